The Morgan fingerprint density at radius 3 is 2.50 bits per heavy atom. The summed E-state index contributed by atoms with van der Waals surface area (Å²) in [6.07, 6.45) is 6.25. The van der Waals surface area contributed by atoms with Crippen LogP contribution in [0, 0.1) is 0 Å². The van der Waals surface area contributed by atoms with E-state index in [9.17, 15) is 22.8 Å². The average Bonchev–Trinajstić information content (AvgIpc) is 2.69. The second-order valence-electron chi connectivity index (χ2n) is 6.86. The number of rotatable bonds is 5. The minimum atomic E-state index is -4.58. The lowest BCUT2D eigenvalue weighted by molar-refractivity contribution is -0.0329. The number of hydrogen-bond donors (Lipinski definition) is 2. The molecule has 0 atom stereocenters. The molecule has 0 spiro atoms. The van der Waals surface area contributed by atoms with Crippen LogP contribution in [0.15, 0.2) is 41.6 Å². The fraction of sp³-hybridized carbons (Fsp3) is 0.350. The Kier molecular flexibility index (Phi) is 7.25. The molecule has 1 heterocycles. The van der Waals surface area contributed by atoms with Crippen LogP contribution in [-0.2, 0) is 0 Å². The Labute approximate surface area is 180 Å². The fourth-order valence-corrected chi connectivity index (χ4v) is 4.05. The molecule has 2 N–H and O–H groups in total. The van der Waals surface area contributed by atoms with Gasteiger partial charge in [-0.15, -0.1) is 0 Å². The van der Waals surface area contributed by atoms with Crippen molar-refractivity contribution in [3.8, 4) is 0 Å². The van der Waals surface area contributed by atoms with Gasteiger partial charge in [0.2, 0.25) is 0 Å². The van der Waals surface area contributed by atoms with Gasteiger partial charge in [0.1, 0.15) is 5.03 Å². The SMILES string of the molecule is O=C(NC1CCCCC1)c1cc(NC(=O)c2cccnc2SC(F)(F)F)ccc1Cl. The summed E-state index contributed by atoms with van der Waals surface area (Å²) in [6, 6.07) is 7.05. The minimum Gasteiger partial charge on any atom is -0.349 e. The second-order valence-corrected chi connectivity index (χ2v) is 8.32. The van der Waals surface area contributed by atoms with E-state index in [1.807, 2.05) is 0 Å². The number of carbonyl (C=O) groups is 2. The third-order valence-corrected chi connectivity index (χ3v) is 5.72. The molecule has 10 heteroatoms. The molecule has 0 radical (unpaired) electrons. The van der Waals surface area contributed by atoms with Crippen LogP contribution in [0.3, 0.4) is 0 Å². The molecule has 1 aliphatic carbocycles. The highest BCUT2D eigenvalue weighted by atomic mass is 35.5. The van der Waals surface area contributed by atoms with Gasteiger partial charge in [-0.25, -0.2) is 4.98 Å². The second kappa shape index (κ2) is 9.70. The van der Waals surface area contributed by atoms with E-state index in [1.54, 1.807) is 0 Å². The molecule has 1 fully saturated rings. The maximum Gasteiger partial charge on any atom is 0.447 e. The first-order valence-electron chi connectivity index (χ1n) is 9.35. The summed E-state index contributed by atoms with van der Waals surface area (Å²) in [7, 11) is 0. The Balaban J connectivity index is 1.75. The molecule has 0 bridgehead atoms. The van der Waals surface area contributed by atoms with Crippen molar-refractivity contribution in [3.05, 3.63) is 52.7 Å². The number of alkyl halides is 3. The molecule has 1 saturated carbocycles. The zero-order valence-corrected chi connectivity index (χ0v) is 17.3. The molecule has 0 aliphatic heterocycles. The Morgan fingerprint density at radius 2 is 1.80 bits per heavy atom. The summed E-state index contributed by atoms with van der Waals surface area (Å²) in [5.74, 6) is -1.12. The van der Waals surface area contributed by atoms with Gasteiger partial charge in [0, 0.05) is 29.7 Å². The lowest BCUT2D eigenvalue weighted by Gasteiger charge is -2.23. The van der Waals surface area contributed by atoms with Crippen LogP contribution in [0.5, 0.6) is 0 Å². The van der Waals surface area contributed by atoms with E-state index in [1.165, 1.54) is 36.5 Å². The number of aromatic nitrogens is 1. The minimum absolute atomic E-state index is 0.0814. The van der Waals surface area contributed by atoms with E-state index < -0.39 is 28.2 Å². The molecule has 160 valence electrons. The Bertz CT molecular complexity index is 934. The largest absolute Gasteiger partial charge is 0.447 e. The van der Waals surface area contributed by atoms with Crippen molar-refractivity contribution in [3.63, 3.8) is 0 Å². The number of anilines is 1. The van der Waals surface area contributed by atoms with Crippen LogP contribution in [-0.4, -0.2) is 28.3 Å². The van der Waals surface area contributed by atoms with Crippen molar-refractivity contribution < 1.29 is 22.8 Å². The van der Waals surface area contributed by atoms with Gasteiger partial charge in [-0.3, -0.25) is 9.59 Å². The van der Waals surface area contributed by atoms with Crippen LogP contribution in [0.25, 0.3) is 0 Å². The predicted molar refractivity (Wildman–Crippen MR) is 110 cm³/mol. The van der Waals surface area contributed by atoms with Crippen LogP contribution in [0.2, 0.25) is 5.02 Å². The number of pyridine rings is 1. The van der Waals surface area contributed by atoms with Crippen molar-refractivity contribution in [1.82, 2.24) is 10.3 Å². The van der Waals surface area contributed by atoms with Gasteiger partial charge in [-0.2, -0.15) is 13.2 Å². The number of benzene rings is 1. The summed E-state index contributed by atoms with van der Waals surface area (Å²) in [5, 5.41) is 5.23. The zero-order valence-electron chi connectivity index (χ0n) is 15.8. The van der Waals surface area contributed by atoms with Gasteiger partial charge in [0.05, 0.1) is 16.1 Å². The lowest BCUT2D eigenvalue weighted by atomic mass is 9.95. The molecule has 1 aromatic heterocycles. The Morgan fingerprint density at radius 1 is 1.07 bits per heavy atom. The summed E-state index contributed by atoms with van der Waals surface area (Å²) in [6.45, 7) is 0. The third kappa shape index (κ3) is 6.12. The smallest absolute Gasteiger partial charge is 0.349 e. The molecule has 0 unspecified atom stereocenters. The van der Waals surface area contributed by atoms with Crippen LogP contribution >= 0.6 is 23.4 Å². The van der Waals surface area contributed by atoms with Crippen molar-refractivity contribution >= 4 is 40.9 Å². The number of thioether (sulfide) groups is 1. The van der Waals surface area contributed by atoms with Gasteiger partial charge in [0.15, 0.2) is 0 Å². The van der Waals surface area contributed by atoms with Crippen LogP contribution in [0.1, 0.15) is 52.8 Å². The highest BCUT2D eigenvalue weighted by Gasteiger charge is 2.32. The number of nitrogens with zero attached hydrogens (tertiary/aromatic N) is 1. The first kappa shape index (κ1) is 22.4. The topological polar surface area (TPSA) is 71.1 Å². The summed E-state index contributed by atoms with van der Waals surface area (Å²) in [5.41, 5.74) is -4.36. The average molecular weight is 458 g/mol. The number of nitrogens with one attached hydrogen (secondary N) is 2. The summed E-state index contributed by atoms with van der Waals surface area (Å²) >= 11 is 5.69. The first-order chi connectivity index (χ1) is 14.2. The molecule has 2 aromatic rings. The predicted octanol–water partition coefficient (Wildman–Crippen LogP) is 5.66. The van der Waals surface area contributed by atoms with Crippen molar-refractivity contribution in [2.45, 2.75) is 48.7 Å². The molecule has 0 saturated heterocycles. The molecule has 5 nitrogen and oxygen atoms in total. The van der Waals surface area contributed by atoms with Gasteiger partial charge in [-0.05, 0) is 43.2 Å². The van der Waals surface area contributed by atoms with E-state index in [0.29, 0.717) is 0 Å². The quantitative estimate of drug-likeness (QED) is 0.568. The van der Waals surface area contributed by atoms with Gasteiger partial charge in [0.25, 0.3) is 11.8 Å². The first-order valence-corrected chi connectivity index (χ1v) is 10.5. The number of carbonyl (C=O) groups excluding carboxylic acids is 2. The van der Waals surface area contributed by atoms with Crippen LogP contribution in [0.4, 0.5) is 18.9 Å². The van der Waals surface area contributed by atoms with E-state index in [0.717, 1.165) is 32.1 Å². The number of hydrogen-bond acceptors (Lipinski definition) is 4. The molecule has 1 aliphatic rings. The molecule has 30 heavy (non-hydrogen) atoms. The number of halogens is 4. The van der Waals surface area contributed by atoms with Gasteiger partial charge >= 0.3 is 5.51 Å². The zero-order chi connectivity index (χ0) is 21.7. The Hall–Kier alpha value is -2.26. The van der Waals surface area contributed by atoms with E-state index in [-0.39, 0.29) is 33.8 Å². The highest BCUT2D eigenvalue weighted by Crippen LogP contribution is 2.37. The normalized spacial score (nSPS) is 14.9. The van der Waals surface area contributed by atoms with E-state index in [4.69, 9.17) is 11.6 Å². The fourth-order valence-electron chi connectivity index (χ4n) is 3.24. The highest BCUT2D eigenvalue weighted by molar-refractivity contribution is 8.00. The number of amides is 2. The van der Waals surface area contributed by atoms with Crippen LogP contribution < -0.4 is 10.6 Å². The van der Waals surface area contributed by atoms with Crippen molar-refractivity contribution in [2.24, 2.45) is 0 Å². The van der Waals surface area contributed by atoms with Crippen molar-refractivity contribution in [1.29, 1.82) is 0 Å². The lowest BCUT2D eigenvalue weighted by Crippen LogP contribution is -2.36. The molecular weight excluding hydrogens is 439 g/mol. The van der Waals surface area contributed by atoms with E-state index in [2.05, 4.69) is 15.6 Å². The summed E-state index contributed by atoms with van der Waals surface area (Å²) < 4.78 is 38.2. The van der Waals surface area contributed by atoms with E-state index >= 15 is 0 Å². The monoisotopic (exact) mass is 457 g/mol. The standard InChI is InChI=1S/C20H19ClF3N3O2S/c21-16-9-8-13(11-15(16)18(29)26-12-5-2-1-3-6-12)27-17(28)14-7-4-10-25-19(14)30-20(22,23)24/h4,7-12H,1-3,5-6H2,(H,26,29)(H,27,28). The third-order valence-electron chi connectivity index (χ3n) is 4.64. The maximum absolute atomic E-state index is 12.7. The maximum atomic E-state index is 12.7. The molecule has 3 rings (SSSR count). The van der Waals surface area contributed by atoms with Gasteiger partial charge < -0.3 is 10.6 Å². The summed E-state index contributed by atoms with van der Waals surface area (Å²) in [4.78, 5) is 28.8. The molecular formula is C20H19ClF3N3O2S. The van der Waals surface area contributed by atoms with Crippen molar-refractivity contribution in [2.75, 3.05) is 5.32 Å². The molecule has 2 amide bonds. The van der Waals surface area contributed by atoms with Gasteiger partial charge in [-0.1, -0.05) is 30.9 Å². The molecule has 1 aromatic carbocycles.